The summed E-state index contributed by atoms with van der Waals surface area (Å²) in [6, 6.07) is 16.3. The number of aliphatic carboxylic acids is 1. The van der Waals surface area contributed by atoms with Crippen LogP contribution < -0.4 is 10.4 Å². The molecule has 1 aliphatic heterocycles. The molecule has 2 amide bonds. The van der Waals surface area contributed by atoms with E-state index in [2.05, 4.69) is 5.32 Å². The summed E-state index contributed by atoms with van der Waals surface area (Å²) in [7, 11) is 0. The van der Waals surface area contributed by atoms with E-state index in [1.807, 2.05) is 36.4 Å². The lowest BCUT2D eigenvalue weighted by molar-refractivity contribution is -0.308. The number of carboxylic acid groups (broad SMARTS) is 1. The fraction of sp³-hybridized carbons (Fsp3) is 0.318. The first-order valence-electron chi connectivity index (χ1n) is 9.57. The fourth-order valence-corrected chi connectivity index (χ4v) is 3.37. The van der Waals surface area contributed by atoms with Gasteiger partial charge >= 0.3 is 6.09 Å². The summed E-state index contributed by atoms with van der Waals surface area (Å²) in [6.45, 7) is 0.501. The van der Waals surface area contributed by atoms with Crippen LogP contribution in [-0.2, 0) is 27.4 Å². The van der Waals surface area contributed by atoms with Gasteiger partial charge in [-0.1, -0.05) is 60.7 Å². The van der Waals surface area contributed by atoms with E-state index < -0.39 is 30.1 Å². The zero-order chi connectivity index (χ0) is 20.6. The third kappa shape index (κ3) is 5.57. The van der Waals surface area contributed by atoms with Gasteiger partial charge in [-0.25, -0.2) is 4.79 Å². The van der Waals surface area contributed by atoms with Crippen LogP contribution in [0, 0.1) is 0 Å². The fourth-order valence-electron chi connectivity index (χ4n) is 3.37. The minimum Gasteiger partial charge on any atom is -0.548 e. The van der Waals surface area contributed by atoms with E-state index in [9.17, 15) is 19.5 Å². The molecule has 0 radical (unpaired) electrons. The zero-order valence-electron chi connectivity index (χ0n) is 16.0. The summed E-state index contributed by atoms with van der Waals surface area (Å²) in [4.78, 5) is 38.0. The average Bonchev–Trinajstić information content (AvgIpc) is 3.23. The Morgan fingerprint density at radius 3 is 2.28 bits per heavy atom. The van der Waals surface area contributed by atoms with Crippen molar-refractivity contribution in [3.8, 4) is 0 Å². The number of likely N-dealkylation sites (tertiary alicyclic amines) is 1. The summed E-state index contributed by atoms with van der Waals surface area (Å²) in [5.41, 5.74) is 1.62. The van der Waals surface area contributed by atoms with Gasteiger partial charge in [0.15, 0.2) is 0 Å². The molecule has 29 heavy (non-hydrogen) atoms. The van der Waals surface area contributed by atoms with Crippen LogP contribution in [-0.4, -0.2) is 41.5 Å². The molecule has 0 bridgehead atoms. The van der Waals surface area contributed by atoms with E-state index in [1.54, 1.807) is 24.3 Å². The van der Waals surface area contributed by atoms with Gasteiger partial charge < -0.3 is 20.0 Å². The number of nitrogens with one attached hydrogen (secondary N) is 1. The molecule has 0 saturated carbocycles. The van der Waals surface area contributed by atoms with Crippen LogP contribution in [0.4, 0.5) is 4.79 Å². The predicted molar refractivity (Wildman–Crippen MR) is 103 cm³/mol. The Kier molecular flexibility index (Phi) is 6.84. The summed E-state index contributed by atoms with van der Waals surface area (Å²) in [5.74, 6) is -1.87. The van der Waals surface area contributed by atoms with E-state index in [4.69, 9.17) is 4.74 Å². The quantitative estimate of drug-likeness (QED) is 0.761. The van der Waals surface area contributed by atoms with Crippen molar-refractivity contribution in [3.05, 3.63) is 71.8 Å². The molecule has 152 valence electrons. The second-order valence-electron chi connectivity index (χ2n) is 6.96. The molecular weight excluding hydrogens is 372 g/mol. The van der Waals surface area contributed by atoms with E-state index in [-0.39, 0.29) is 13.0 Å². The van der Waals surface area contributed by atoms with Crippen molar-refractivity contribution in [2.45, 2.75) is 38.0 Å². The number of rotatable bonds is 7. The second-order valence-corrected chi connectivity index (χ2v) is 6.96. The Hall–Kier alpha value is -3.35. The van der Waals surface area contributed by atoms with E-state index in [0.29, 0.717) is 19.4 Å². The molecule has 7 heteroatoms. The highest BCUT2D eigenvalue weighted by Crippen LogP contribution is 2.19. The normalized spacial score (nSPS) is 16.8. The second kappa shape index (κ2) is 9.73. The molecule has 0 spiro atoms. The van der Waals surface area contributed by atoms with Crippen molar-refractivity contribution in [1.82, 2.24) is 10.2 Å². The SMILES string of the molecule is O=C(N[C@H](Cc1ccccc1)C(=O)[O-])[C@H]1CCCN1C(=O)OCc1ccccc1. The standard InChI is InChI=1S/C22H24N2O5/c25-20(23-18(21(26)27)14-16-8-3-1-4-9-16)19-12-7-13-24(19)22(28)29-15-17-10-5-2-6-11-17/h1-6,8-11,18-19H,7,12-15H2,(H,23,25)(H,26,27)/p-1/t18-,19-/m1/s1. The molecule has 2 aromatic carbocycles. The van der Waals surface area contributed by atoms with Crippen molar-refractivity contribution in [2.24, 2.45) is 0 Å². The molecule has 1 aliphatic rings. The Bertz CT molecular complexity index is 841. The number of amides is 2. The van der Waals surface area contributed by atoms with Crippen LogP contribution in [0.3, 0.4) is 0 Å². The number of carbonyl (C=O) groups excluding carboxylic acids is 3. The van der Waals surface area contributed by atoms with Gasteiger partial charge in [-0.15, -0.1) is 0 Å². The largest absolute Gasteiger partial charge is 0.548 e. The van der Waals surface area contributed by atoms with Gasteiger partial charge in [-0.05, 0) is 30.4 Å². The van der Waals surface area contributed by atoms with Crippen LogP contribution in [0.5, 0.6) is 0 Å². The van der Waals surface area contributed by atoms with Gasteiger partial charge in [-0.3, -0.25) is 9.69 Å². The van der Waals surface area contributed by atoms with E-state index in [0.717, 1.165) is 11.1 Å². The third-order valence-corrected chi connectivity index (χ3v) is 4.88. The van der Waals surface area contributed by atoms with Crippen LogP contribution in [0.1, 0.15) is 24.0 Å². The highest BCUT2D eigenvalue weighted by Gasteiger charge is 2.36. The van der Waals surface area contributed by atoms with Gasteiger partial charge in [0.1, 0.15) is 12.6 Å². The summed E-state index contributed by atoms with van der Waals surface area (Å²) >= 11 is 0. The number of nitrogens with zero attached hydrogens (tertiary/aromatic N) is 1. The molecule has 3 rings (SSSR count). The van der Waals surface area contributed by atoms with Gasteiger partial charge in [-0.2, -0.15) is 0 Å². The molecule has 1 fully saturated rings. The van der Waals surface area contributed by atoms with Crippen molar-refractivity contribution in [1.29, 1.82) is 0 Å². The molecule has 1 heterocycles. The predicted octanol–water partition coefficient (Wildman–Crippen LogP) is 1.26. The maximum atomic E-state index is 12.7. The summed E-state index contributed by atoms with van der Waals surface area (Å²) in [6.07, 6.45) is 0.629. The Balaban J connectivity index is 1.59. The minimum absolute atomic E-state index is 0.111. The Morgan fingerprint density at radius 1 is 1.03 bits per heavy atom. The topological polar surface area (TPSA) is 98.8 Å². The number of carboxylic acids is 1. The Labute approximate surface area is 169 Å². The van der Waals surface area contributed by atoms with Crippen molar-refractivity contribution < 1.29 is 24.2 Å². The van der Waals surface area contributed by atoms with Crippen LogP contribution in [0.15, 0.2) is 60.7 Å². The zero-order valence-corrected chi connectivity index (χ0v) is 16.0. The summed E-state index contributed by atoms with van der Waals surface area (Å²) in [5, 5.41) is 14.0. The van der Waals surface area contributed by atoms with Crippen LogP contribution >= 0.6 is 0 Å². The first-order valence-corrected chi connectivity index (χ1v) is 9.57. The smallest absolute Gasteiger partial charge is 0.410 e. The third-order valence-electron chi connectivity index (χ3n) is 4.88. The molecule has 2 atom stereocenters. The highest BCUT2D eigenvalue weighted by atomic mass is 16.6. The van der Waals surface area contributed by atoms with Gasteiger partial charge in [0.25, 0.3) is 0 Å². The number of carbonyl (C=O) groups is 3. The molecule has 0 aromatic heterocycles. The number of hydrogen-bond donors (Lipinski definition) is 1. The molecule has 7 nitrogen and oxygen atoms in total. The van der Waals surface area contributed by atoms with E-state index >= 15 is 0 Å². The van der Waals surface area contributed by atoms with Gasteiger partial charge in [0.2, 0.25) is 5.91 Å². The van der Waals surface area contributed by atoms with Crippen LogP contribution in [0.25, 0.3) is 0 Å². The Morgan fingerprint density at radius 2 is 1.66 bits per heavy atom. The lowest BCUT2D eigenvalue weighted by Gasteiger charge is -2.26. The lowest BCUT2D eigenvalue weighted by Crippen LogP contribution is -2.54. The van der Waals surface area contributed by atoms with Crippen molar-refractivity contribution in [3.63, 3.8) is 0 Å². The number of ether oxygens (including phenoxy) is 1. The monoisotopic (exact) mass is 395 g/mol. The number of hydrogen-bond acceptors (Lipinski definition) is 5. The van der Waals surface area contributed by atoms with Gasteiger partial charge in [0.05, 0.1) is 12.0 Å². The van der Waals surface area contributed by atoms with Crippen molar-refractivity contribution in [2.75, 3.05) is 6.54 Å². The maximum absolute atomic E-state index is 12.7. The minimum atomic E-state index is -1.36. The average molecular weight is 395 g/mol. The number of benzene rings is 2. The first kappa shape index (κ1) is 20.4. The lowest BCUT2D eigenvalue weighted by atomic mass is 10.1. The molecule has 1 N–H and O–H groups in total. The molecule has 2 aromatic rings. The van der Waals surface area contributed by atoms with Gasteiger partial charge in [0, 0.05) is 6.54 Å². The first-order chi connectivity index (χ1) is 14.0. The van der Waals surface area contributed by atoms with E-state index in [1.165, 1.54) is 4.90 Å². The summed E-state index contributed by atoms with van der Waals surface area (Å²) < 4.78 is 5.32. The molecular formula is C22H23N2O5-. The molecule has 0 unspecified atom stereocenters. The highest BCUT2D eigenvalue weighted by molar-refractivity contribution is 5.89. The molecule has 1 saturated heterocycles. The van der Waals surface area contributed by atoms with Crippen LogP contribution in [0.2, 0.25) is 0 Å². The maximum Gasteiger partial charge on any atom is 0.410 e. The molecule has 0 aliphatic carbocycles. The van der Waals surface area contributed by atoms with Crippen molar-refractivity contribution >= 4 is 18.0 Å².